The number of halogens is 3. The van der Waals surface area contributed by atoms with Gasteiger partial charge in [0.1, 0.15) is 0 Å². The Morgan fingerprint density at radius 2 is 1.87 bits per heavy atom. The van der Waals surface area contributed by atoms with Crippen molar-refractivity contribution in [2.45, 2.75) is 45.8 Å². The highest BCUT2D eigenvalue weighted by molar-refractivity contribution is 6.30. The first-order valence-electron chi connectivity index (χ1n) is 9.59. The van der Waals surface area contributed by atoms with Crippen LogP contribution in [-0.2, 0) is 20.9 Å². The molecule has 0 spiro atoms. The third kappa shape index (κ3) is 4.54. The predicted octanol–water partition coefficient (Wildman–Crippen LogP) is 5.36. The quantitative estimate of drug-likeness (QED) is 0.596. The van der Waals surface area contributed by atoms with Gasteiger partial charge in [0, 0.05) is 28.6 Å². The van der Waals surface area contributed by atoms with Crippen molar-refractivity contribution in [2.75, 3.05) is 0 Å². The Kier molecular flexibility index (Phi) is 6.56. The van der Waals surface area contributed by atoms with Crippen LogP contribution in [0.3, 0.4) is 0 Å². The number of ether oxygens (including phenoxy) is 1. The van der Waals surface area contributed by atoms with Crippen LogP contribution in [0.1, 0.15) is 44.2 Å². The Morgan fingerprint density at radius 1 is 1.20 bits per heavy atom. The second-order valence-corrected chi connectivity index (χ2v) is 7.89. The van der Waals surface area contributed by atoms with Crippen LogP contribution in [0.4, 0.5) is 8.78 Å². The first kappa shape index (κ1) is 22.0. The molecule has 1 atom stereocenters. The molecule has 0 fully saturated rings. The molecule has 1 heterocycles. The normalized spacial score (nSPS) is 17.0. The van der Waals surface area contributed by atoms with Gasteiger partial charge in [-0.3, -0.25) is 4.79 Å². The van der Waals surface area contributed by atoms with Crippen molar-refractivity contribution in [2.24, 2.45) is 0 Å². The lowest BCUT2D eigenvalue weighted by molar-refractivity contribution is -0.143. The minimum atomic E-state index is -1.01. The molecule has 158 valence electrons. The van der Waals surface area contributed by atoms with Crippen molar-refractivity contribution in [3.63, 3.8) is 0 Å². The highest BCUT2D eigenvalue weighted by atomic mass is 35.5. The summed E-state index contributed by atoms with van der Waals surface area (Å²) in [5.74, 6) is -3.35. The zero-order valence-electron chi connectivity index (χ0n) is 16.9. The van der Waals surface area contributed by atoms with Crippen molar-refractivity contribution in [3.8, 4) is 0 Å². The number of hydrogen-bond acceptors (Lipinski definition) is 3. The summed E-state index contributed by atoms with van der Waals surface area (Å²) in [5, 5.41) is 0.538. The molecule has 2 aromatic rings. The van der Waals surface area contributed by atoms with Gasteiger partial charge in [0.15, 0.2) is 11.6 Å². The Hall–Kier alpha value is -2.73. The van der Waals surface area contributed by atoms with Crippen LogP contribution in [-0.4, -0.2) is 22.9 Å². The third-order valence-corrected chi connectivity index (χ3v) is 5.27. The topological polar surface area (TPSA) is 46.6 Å². The molecule has 0 N–H and O–H groups in total. The van der Waals surface area contributed by atoms with Crippen molar-refractivity contribution >= 4 is 23.5 Å². The molecule has 0 bridgehead atoms. The summed E-state index contributed by atoms with van der Waals surface area (Å²) in [6.07, 6.45) is -0.353. The minimum Gasteiger partial charge on any atom is -0.460 e. The van der Waals surface area contributed by atoms with Crippen LogP contribution >= 0.6 is 11.6 Å². The Balaban J connectivity index is 2.05. The number of carbonyl (C=O) groups excluding carboxylic acids is 2. The van der Waals surface area contributed by atoms with Crippen LogP contribution in [0.15, 0.2) is 53.7 Å². The lowest BCUT2D eigenvalue weighted by atomic mass is 9.83. The maximum absolute atomic E-state index is 14.2. The molecule has 0 unspecified atom stereocenters. The Labute approximate surface area is 179 Å². The van der Waals surface area contributed by atoms with Crippen LogP contribution < -0.4 is 0 Å². The smallest absolute Gasteiger partial charge is 0.336 e. The fraction of sp³-hybridized carbons (Fsp3) is 0.304. The van der Waals surface area contributed by atoms with E-state index in [2.05, 4.69) is 0 Å². The van der Waals surface area contributed by atoms with E-state index in [4.69, 9.17) is 16.3 Å². The maximum atomic E-state index is 14.2. The zero-order valence-corrected chi connectivity index (χ0v) is 17.7. The molecule has 30 heavy (non-hydrogen) atoms. The molecule has 3 rings (SSSR count). The number of carbonyl (C=O) groups is 2. The van der Waals surface area contributed by atoms with Crippen LogP contribution in [0.25, 0.3) is 0 Å². The monoisotopic (exact) mass is 433 g/mol. The SMILES string of the molecule is CC1=C(C(=O)OC(C)C)[C@@H](c2ccc(Cl)cc2)CC(=O)N1Cc1cccc(F)c1F. The average molecular weight is 434 g/mol. The molecule has 0 radical (unpaired) electrons. The molecule has 1 amide bonds. The summed E-state index contributed by atoms with van der Waals surface area (Å²) in [6, 6.07) is 10.7. The lowest BCUT2D eigenvalue weighted by Gasteiger charge is -2.35. The first-order valence-corrected chi connectivity index (χ1v) is 9.97. The minimum absolute atomic E-state index is 0.00155. The van der Waals surface area contributed by atoms with Crippen LogP contribution in [0.5, 0.6) is 0 Å². The summed E-state index contributed by atoms with van der Waals surface area (Å²) in [5.41, 5.74) is 1.46. The van der Waals surface area contributed by atoms with Crippen molar-refractivity contribution < 1.29 is 23.1 Å². The fourth-order valence-electron chi connectivity index (χ4n) is 3.57. The van der Waals surface area contributed by atoms with E-state index < -0.39 is 23.5 Å². The first-order chi connectivity index (χ1) is 14.2. The van der Waals surface area contributed by atoms with Crippen molar-refractivity contribution in [3.05, 3.63) is 81.5 Å². The van der Waals surface area contributed by atoms with E-state index in [9.17, 15) is 18.4 Å². The van der Waals surface area contributed by atoms with Gasteiger partial charge in [-0.1, -0.05) is 35.9 Å². The standard InChI is InChI=1S/C23H22ClF2NO3/c1-13(2)30-23(29)21-14(3)27(12-16-5-4-6-19(25)22(16)26)20(28)11-18(21)15-7-9-17(24)10-8-15/h4-10,13,18H,11-12H2,1-3H3/t18-/m1/s1. The molecular formula is C23H22ClF2NO3. The lowest BCUT2D eigenvalue weighted by Crippen LogP contribution is -2.38. The van der Waals surface area contributed by atoms with E-state index >= 15 is 0 Å². The van der Waals surface area contributed by atoms with Gasteiger partial charge in [0.25, 0.3) is 0 Å². The van der Waals surface area contributed by atoms with Crippen molar-refractivity contribution in [1.29, 1.82) is 0 Å². The van der Waals surface area contributed by atoms with Gasteiger partial charge in [0.05, 0.1) is 18.2 Å². The molecule has 0 aromatic heterocycles. The molecule has 0 saturated carbocycles. The fourth-order valence-corrected chi connectivity index (χ4v) is 3.69. The van der Waals surface area contributed by atoms with Crippen molar-refractivity contribution in [1.82, 2.24) is 4.90 Å². The number of rotatable bonds is 5. The van der Waals surface area contributed by atoms with E-state index in [1.54, 1.807) is 45.0 Å². The number of amides is 1. The highest BCUT2D eigenvalue weighted by Gasteiger charge is 2.37. The van der Waals surface area contributed by atoms with E-state index in [1.165, 1.54) is 17.0 Å². The zero-order chi connectivity index (χ0) is 22.0. The highest BCUT2D eigenvalue weighted by Crippen LogP contribution is 2.38. The largest absolute Gasteiger partial charge is 0.460 e. The molecule has 1 aliphatic rings. The van der Waals surface area contributed by atoms with Gasteiger partial charge >= 0.3 is 5.97 Å². The summed E-state index contributed by atoms with van der Waals surface area (Å²) in [7, 11) is 0. The van der Waals surface area contributed by atoms with Gasteiger partial charge < -0.3 is 9.64 Å². The number of benzene rings is 2. The van der Waals surface area contributed by atoms with E-state index in [0.717, 1.165) is 11.6 Å². The second-order valence-electron chi connectivity index (χ2n) is 7.45. The molecule has 7 heteroatoms. The molecule has 0 saturated heterocycles. The van der Waals surface area contributed by atoms with Gasteiger partial charge in [0.2, 0.25) is 5.91 Å². The second kappa shape index (κ2) is 8.96. The number of esters is 1. The number of nitrogens with zero attached hydrogens (tertiary/aromatic N) is 1. The molecular weight excluding hydrogens is 412 g/mol. The summed E-state index contributed by atoms with van der Waals surface area (Å²) < 4.78 is 33.2. The average Bonchev–Trinajstić information content (AvgIpc) is 2.67. The van der Waals surface area contributed by atoms with E-state index in [0.29, 0.717) is 16.3 Å². The van der Waals surface area contributed by atoms with Gasteiger partial charge in [-0.15, -0.1) is 0 Å². The van der Waals surface area contributed by atoms with Gasteiger partial charge in [-0.2, -0.15) is 0 Å². The summed E-state index contributed by atoms with van der Waals surface area (Å²) in [4.78, 5) is 27.2. The Bertz CT molecular complexity index is 1000. The molecule has 2 aromatic carbocycles. The Morgan fingerprint density at radius 3 is 2.50 bits per heavy atom. The van der Waals surface area contributed by atoms with Crippen LogP contribution in [0, 0.1) is 11.6 Å². The molecule has 1 aliphatic heterocycles. The van der Waals surface area contributed by atoms with Crippen LogP contribution in [0.2, 0.25) is 5.02 Å². The number of allylic oxidation sites excluding steroid dienone is 1. The maximum Gasteiger partial charge on any atom is 0.336 e. The summed E-state index contributed by atoms with van der Waals surface area (Å²) >= 11 is 5.97. The van der Waals surface area contributed by atoms with Gasteiger partial charge in [-0.05, 0) is 44.5 Å². The van der Waals surface area contributed by atoms with E-state index in [1.807, 2.05) is 0 Å². The molecule has 4 nitrogen and oxygen atoms in total. The van der Waals surface area contributed by atoms with Gasteiger partial charge in [-0.25, -0.2) is 13.6 Å². The summed E-state index contributed by atoms with van der Waals surface area (Å²) in [6.45, 7) is 4.91. The number of hydrogen-bond donors (Lipinski definition) is 0. The molecule has 0 aliphatic carbocycles. The predicted molar refractivity (Wildman–Crippen MR) is 110 cm³/mol. The third-order valence-electron chi connectivity index (χ3n) is 5.02. The van der Waals surface area contributed by atoms with E-state index in [-0.39, 0.29) is 30.5 Å².